The van der Waals surface area contributed by atoms with E-state index in [-0.39, 0.29) is 30.5 Å². The first-order valence-electron chi connectivity index (χ1n) is 2.68. The van der Waals surface area contributed by atoms with Gasteiger partial charge in [-0.2, -0.15) is 12.6 Å². The van der Waals surface area contributed by atoms with Crippen LogP contribution in [0.25, 0.3) is 0 Å². The van der Waals surface area contributed by atoms with Crippen LogP contribution >= 0.6 is 12.6 Å². The summed E-state index contributed by atoms with van der Waals surface area (Å²) in [5, 5.41) is 10.6. The van der Waals surface area contributed by atoms with E-state index in [0.717, 1.165) is 0 Å². The van der Waals surface area contributed by atoms with Crippen molar-refractivity contribution in [2.24, 2.45) is 0 Å². The monoisotopic (exact) mass is 170 g/mol. The normalized spacial score (nSPS) is 11.1. The van der Waals surface area contributed by atoms with Crippen molar-refractivity contribution >= 4 is 43.4 Å². The van der Waals surface area contributed by atoms with E-state index in [2.05, 4.69) is 17.9 Å². The summed E-state index contributed by atoms with van der Waals surface area (Å²) in [6.07, 6.45) is 0. The second-order valence-corrected chi connectivity index (χ2v) is 2.14. The largest absolute Gasteiger partial charge is 0.480 e. The molecule has 0 aliphatic heterocycles. The van der Waals surface area contributed by atoms with E-state index in [1.165, 1.54) is 6.92 Å². The summed E-state index contributed by atoms with van der Waals surface area (Å²) < 4.78 is 0. The van der Waals surface area contributed by atoms with Gasteiger partial charge in [0.2, 0.25) is 5.91 Å². The zero-order chi connectivity index (χ0) is 8.15. The van der Waals surface area contributed by atoms with Crippen molar-refractivity contribution < 1.29 is 14.7 Å². The standard InChI is InChI=1S/C5H9NO3S.Li/c1-3(7)6-4(2-10)5(8)9;/h4,10H,2H2,1H3,(H,6,7)(H,8,9);/t4-;/m0./s1. The number of rotatable bonds is 3. The molecule has 1 atom stereocenters. The third-order valence-electron chi connectivity index (χ3n) is 0.858. The van der Waals surface area contributed by atoms with Gasteiger partial charge in [0, 0.05) is 31.5 Å². The van der Waals surface area contributed by atoms with Gasteiger partial charge in [0.05, 0.1) is 0 Å². The van der Waals surface area contributed by atoms with Crippen LogP contribution in [0.1, 0.15) is 6.92 Å². The molecule has 0 heterocycles. The van der Waals surface area contributed by atoms with E-state index in [9.17, 15) is 9.59 Å². The summed E-state index contributed by atoms with van der Waals surface area (Å²) in [5.74, 6) is -1.32. The number of carbonyl (C=O) groups excluding carboxylic acids is 1. The summed E-state index contributed by atoms with van der Waals surface area (Å²) in [4.78, 5) is 20.5. The zero-order valence-electron chi connectivity index (χ0n) is 6.50. The van der Waals surface area contributed by atoms with Gasteiger partial charge in [0.15, 0.2) is 0 Å². The van der Waals surface area contributed by atoms with E-state index in [1.807, 2.05) is 0 Å². The molecule has 0 aromatic heterocycles. The quantitative estimate of drug-likeness (QED) is 0.381. The molecule has 0 aromatic carbocycles. The second-order valence-electron chi connectivity index (χ2n) is 1.77. The number of carbonyl (C=O) groups is 2. The van der Waals surface area contributed by atoms with Crippen molar-refractivity contribution in [3.05, 3.63) is 0 Å². The van der Waals surface area contributed by atoms with Crippen LogP contribution in [0.5, 0.6) is 0 Å². The fourth-order valence-electron chi connectivity index (χ4n) is 0.431. The van der Waals surface area contributed by atoms with Gasteiger partial charge in [-0.1, -0.05) is 0 Å². The predicted octanol–water partition coefficient (Wildman–Crippen LogP) is -0.875. The number of thiol groups is 1. The number of nitrogens with one attached hydrogen (secondary N) is 1. The van der Waals surface area contributed by atoms with Gasteiger partial charge in [-0.05, 0) is 0 Å². The summed E-state index contributed by atoms with van der Waals surface area (Å²) in [7, 11) is 0. The third kappa shape index (κ3) is 6.29. The van der Waals surface area contributed by atoms with Gasteiger partial charge >= 0.3 is 5.97 Å². The average Bonchev–Trinajstić information content (AvgIpc) is 1.81. The number of carboxylic acid groups (broad SMARTS) is 1. The maximum atomic E-state index is 10.3. The molecule has 1 amide bonds. The van der Waals surface area contributed by atoms with Gasteiger partial charge in [-0.25, -0.2) is 4.79 Å². The van der Waals surface area contributed by atoms with Crippen LogP contribution in [0.15, 0.2) is 0 Å². The Balaban J connectivity index is 0. The van der Waals surface area contributed by atoms with E-state index in [1.54, 1.807) is 0 Å². The zero-order valence-corrected chi connectivity index (χ0v) is 7.39. The Bertz CT molecular complexity index is 153. The predicted molar refractivity (Wildman–Crippen MR) is 44.8 cm³/mol. The van der Waals surface area contributed by atoms with Gasteiger partial charge in [-0.15, -0.1) is 0 Å². The Morgan fingerprint density at radius 1 is 1.64 bits per heavy atom. The SMILES string of the molecule is CC(=O)N[C@@H](CS)C(=O)O.[Li]. The first-order chi connectivity index (χ1) is 4.57. The topological polar surface area (TPSA) is 66.4 Å². The molecule has 0 bridgehead atoms. The van der Waals surface area contributed by atoms with Crippen LogP contribution in [0.2, 0.25) is 0 Å². The Hall–Kier alpha value is -0.113. The molecule has 0 saturated heterocycles. The summed E-state index contributed by atoms with van der Waals surface area (Å²) in [5.41, 5.74) is 0. The van der Waals surface area contributed by atoms with E-state index >= 15 is 0 Å². The van der Waals surface area contributed by atoms with E-state index in [0.29, 0.717) is 0 Å². The molecule has 0 rings (SSSR count). The van der Waals surface area contributed by atoms with Crippen LogP contribution in [-0.2, 0) is 9.59 Å². The van der Waals surface area contributed by atoms with Crippen LogP contribution < -0.4 is 5.32 Å². The van der Waals surface area contributed by atoms with Crippen molar-refractivity contribution in [3.8, 4) is 0 Å². The minimum absolute atomic E-state index is 0. The molecule has 59 valence electrons. The molecule has 0 fully saturated rings. The Morgan fingerprint density at radius 3 is 2.18 bits per heavy atom. The molecule has 4 nitrogen and oxygen atoms in total. The Morgan fingerprint density at radius 2 is 2.09 bits per heavy atom. The van der Waals surface area contributed by atoms with Gasteiger partial charge in [0.1, 0.15) is 6.04 Å². The molecule has 1 radical (unpaired) electrons. The van der Waals surface area contributed by atoms with Crippen LogP contribution in [0.3, 0.4) is 0 Å². The molecule has 2 N–H and O–H groups in total. The summed E-state index contributed by atoms with van der Waals surface area (Å²) >= 11 is 3.73. The number of hydrogen-bond acceptors (Lipinski definition) is 3. The number of carboxylic acids is 1. The first-order valence-corrected chi connectivity index (χ1v) is 3.32. The fraction of sp³-hybridized carbons (Fsp3) is 0.600. The van der Waals surface area contributed by atoms with Crippen molar-refractivity contribution in [2.45, 2.75) is 13.0 Å². The minimum atomic E-state index is -1.06. The van der Waals surface area contributed by atoms with Crippen molar-refractivity contribution in [3.63, 3.8) is 0 Å². The van der Waals surface area contributed by atoms with Crippen molar-refractivity contribution in [1.82, 2.24) is 5.32 Å². The molecular formula is C5H9LiNO3S. The van der Waals surface area contributed by atoms with E-state index < -0.39 is 12.0 Å². The molecule has 0 spiro atoms. The fourth-order valence-corrected chi connectivity index (χ4v) is 0.678. The summed E-state index contributed by atoms with van der Waals surface area (Å²) in [6, 6.07) is -0.874. The Labute approximate surface area is 82.3 Å². The molecule has 0 unspecified atom stereocenters. The van der Waals surface area contributed by atoms with Gasteiger partial charge in [0.25, 0.3) is 0 Å². The smallest absolute Gasteiger partial charge is 0.327 e. The second kappa shape index (κ2) is 6.59. The molecule has 0 aromatic rings. The molecular weight excluding hydrogens is 161 g/mol. The first kappa shape index (κ1) is 13.5. The van der Waals surface area contributed by atoms with Crippen molar-refractivity contribution in [2.75, 3.05) is 5.75 Å². The van der Waals surface area contributed by atoms with Crippen LogP contribution in [0.4, 0.5) is 0 Å². The number of hydrogen-bond donors (Lipinski definition) is 3. The molecule has 0 saturated carbocycles. The van der Waals surface area contributed by atoms with Crippen molar-refractivity contribution in [1.29, 1.82) is 0 Å². The Kier molecular flexibility index (Phi) is 8.07. The van der Waals surface area contributed by atoms with Gasteiger partial charge < -0.3 is 10.4 Å². The third-order valence-corrected chi connectivity index (χ3v) is 1.22. The maximum absolute atomic E-state index is 10.3. The number of amides is 1. The van der Waals surface area contributed by atoms with Gasteiger partial charge in [-0.3, -0.25) is 4.79 Å². The maximum Gasteiger partial charge on any atom is 0.327 e. The molecule has 11 heavy (non-hydrogen) atoms. The van der Waals surface area contributed by atoms with Crippen LogP contribution in [-0.4, -0.2) is 47.6 Å². The molecule has 0 aliphatic rings. The molecule has 6 heteroatoms. The molecule has 0 aliphatic carbocycles. The van der Waals surface area contributed by atoms with E-state index in [4.69, 9.17) is 5.11 Å². The minimum Gasteiger partial charge on any atom is -0.480 e. The summed E-state index contributed by atoms with van der Waals surface area (Å²) in [6.45, 7) is 1.26. The van der Waals surface area contributed by atoms with Crippen LogP contribution in [0, 0.1) is 0 Å². The average molecular weight is 170 g/mol. The number of aliphatic carboxylic acids is 1.